The third-order valence-electron chi connectivity index (χ3n) is 3.37. The molecule has 0 spiro atoms. The van der Waals surface area contributed by atoms with Crippen LogP contribution in [-0.2, 0) is 6.54 Å². The molecule has 0 aromatic carbocycles. The molecule has 0 saturated carbocycles. The van der Waals surface area contributed by atoms with E-state index in [0.717, 1.165) is 11.1 Å². The summed E-state index contributed by atoms with van der Waals surface area (Å²) in [4.78, 5) is 21.3. The standard InChI is InChI=1S/C15H13ClN4O2S.ClH/c16-14-2-1-12(8-18-14)9-19-5-4-17-15(19)13(20(21)22)7-11-3-6-23-10-11;/h1-3,6-8,10H,4-5,9H2;1H/b13-7-;. The largest absolute Gasteiger partial charge is 0.345 e. The van der Waals surface area contributed by atoms with Gasteiger partial charge in [0, 0.05) is 25.4 Å². The molecule has 126 valence electrons. The van der Waals surface area contributed by atoms with Gasteiger partial charge in [-0.3, -0.25) is 15.1 Å². The minimum Gasteiger partial charge on any atom is -0.345 e. The Morgan fingerprint density at radius 1 is 1.46 bits per heavy atom. The fourth-order valence-electron chi connectivity index (χ4n) is 2.31. The molecular weight excluding hydrogens is 371 g/mol. The lowest BCUT2D eigenvalue weighted by molar-refractivity contribution is -0.414. The second-order valence-electron chi connectivity index (χ2n) is 4.96. The molecule has 0 saturated heterocycles. The Morgan fingerprint density at radius 3 is 2.92 bits per heavy atom. The smallest absolute Gasteiger partial charge is 0.311 e. The van der Waals surface area contributed by atoms with Gasteiger partial charge < -0.3 is 4.90 Å². The molecule has 0 fully saturated rings. The van der Waals surface area contributed by atoms with Crippen LogP contribution in [0.1, 0.15) is 11.1 Å². The van der Waals surface area contributed by atoms with Crippen molar-refractivity contribution in [1.82, 2.24) is 9.88 Å². The Kier molecular flexibility index (Phi) is 6.30. The van der Waals surface area contributed by atoms with Crippen LogP contribution in [0.15, 0.2) is 45.8 Å². The number of hydrogen-bond donors (Lipinski definition) is 0. The third-order valence-corrected chi connectivity index (χ3v) is 4.29. The average Bonchev–Trinajstić information content (AvgIpc) is 3.18. The zero-order chi connectivity index (χ0) is 16.2. The first-order valence-electron chi connectivity index (χ1n) is 6.92. The summed E-state index contributed by atoms with van der Waals surface area (Å²) in [5.41, 5.74) is 1.76. The molecule has 0 unspecified atom stereocenters. The molecule has 3 rings (SSSR count). The summed E-state index contributed by atoms with van der Waals surface area (Å²) >= 11 is 7.28. The van der Waals surface area contributed by atoms with Gasteiger partial charge in [-0.15, -0.1) is 12.4 Å². The number of nitrogens with zero attached hydrogens (tertiary/aromatic N) is 4. The molecule has 2 aromatic rings. The summed E-state index contributed by atoms with van der Waals surface area (Å²) < 4.78 is 0. The van der Waals surface area contributed by atoms with Gasteiger partial charge in [0.05, 0.1) is 11.5 Å². The van der Waals surface area contributed by atoms with E-state index in [4.69, 9.17) is 11.6 Å². The van der Waals surface area contributed by atoms with Crippen molar-refractivity contribution in [3.8, 4) is 0 Å². The van der Waals surface area contributed by atoms with Gasteiger partial charge in [0.15, 0.2) is 0 Å². The molecule has 0 radical (unpaired) electrons. The lowest BCUT2D eigenvalue weighted by atomic mass is 10.2. The topological polar surface area (TPSA) is 71.6 Å². The van der Waals surface area contributed by atoms with E-state index in [1.54, 1.807) is 18.3 Å². The van der Waals surface area contributed by atoms with Gasteiger partial charge in [0.2, 0.25) is 5.84 Å². The maximum Gasteiger partial charge on any atom is 0.311 e. The fourth-order valence-corrected chi connectivity index (χ4v) is 3.04. The summed E-state index contributed by atoms with van der Waals surface area (Å²) in [6.45, 7) is 1.70. The van der Waals surface area contributed by atoms with Gasteiger partial charge in [0.25, 0.3) is 0 Å². The molecule has 0 aliphatic carbocycles. The molecule has 1 aliphatic rings. The van der Waals surface area contributed by atoms with Crippen LogP contribution in [0, 0.1) is 10.1 Å². The summed E-state index contributed by atoms with van der Waals surface area (Å²) in [5, 5.41) is 15.6. The molecule has 0 amide bonds. The predicted octanol–water partition coefficient (Wildman–Crippen LogP) is 3.75. The van der Waals surface area contributed by atoms with Crippen molar-refractivity contribution >= 4 is 47.3 Å². The van der Waals surface area contributed by atoms with Crippen LogP contribution >= 0.6 is 35.3 Å². The first-order chi connectivity index (χ1) is 11.1. The first-order valence-corrected chi connectivity index (χ1v) is 8.24. The highest BCUT2D eigenvalue weighted by atomic mass is 35.5. The zero-order valence-electron chi connectivity index (χ0n) is 12.5. The van der Waals surface area contributed by atoms with Crippen molar-refractivity contribution in [2.24, 2.45) is 4.99 Å². The van der Waals surface area contributed by atoms with Gasteiger partial charge in [-0.25, -0.2) is 4.98 Å². The van der Waals surface area contributed by atoms with Crippen LogP contribution in [-0.4, -0.2) is 33.7 Å². The first kappa shape index (κ1) is 18.4. The van der Waals surface area contributed by atoms with Crippen LogP contribution in [0.3, 0.4) is 0 Å². The molecule has 6 nitrogen and oxygen atoms in total. The van der Waals surface area contributed by atoms with Crippen LogP contribution in [0.25, 0.3) is 6.08 Å². The number of rotatable bonds is 5. The molecule has 0 atom stereocenters. The highest BCUT2D eigenvalue weighted by Gasteiger charge is 2.28. The Morgan fingerprint density at radius 2 is 2.29 bits per heavy atom. The second kappa shape index (κ2) is 8.23. The summed E-state index contributed by atoms with van der Waals surface area (Å²) in [5.74, 6) is 0.413. The van der Waals surface area contributed by atoms with Crippen molar-refractivity contribution in [2.45, 2.75) is 6.54 Å². The minimum atomic E-state index is -0.380. The number of thiophene rings is 1. The SMILES string of the molecule is Cl.O=[N+]([O-])/C(=C\c1ccsc1)C1=NCCN1Cc1ccc(Cl)nc1. The van der Waals surface area contributed by atoms with Crippen LogP contribution < -0.4 is 0 Å². The lowest BCUT2D eigenvalue weighted by Gasteiger charge is -2.18. The third kappa shape index (κ3) is 4.31. The fraction of sp³-hybridized carbons (Fsp3) is 0.200. The van der Waals surface area contributed by atoms with Crippen molar-refractivity contribution in [1.29, 1.82) is 0 Å². The summed E-state index contributed by atoms with van der Waals surface area (Å²) in [6, 6.07) is 5.41. The summed E-state index contributed by atoms with van der Waals surface area (Å²) in [6.07, 6.45) is 3.24. The van der Waals surface area contributed by atoms with Gasteiger partial charge in [0.1, 0.15) is 5.15 Å². The number of amidine groups is 1. The Bertz CT molecular complexity index is 760. The summed E-state index contributed by atoms with van der Waals surface area (Å²) in [7, 11) is 0. The molecule has 24 heavy (non-hydrogen) atoms. The highest BCUT2D eigenvalue weighted by molar-refractivity contribution is 7.08. The maximum absolute atomic E-state index is 11.5. The number of aliphatic imine (C=N–C) groups is 1. The Labute approximate surface area is 154 Å². The highest BCUT2D eigenvalue weighted by Crippen LogP contribution is 2.19. The van der Waals surface area contributed by atoms with Gasteiger partial charge in [-0.05, 0) is 34.0 Å². The predicted molar refractivity (Wildman–Crippen MR) is 98.5 cm³/mol. The monoisotopic (exact) mass is 384 g/mol. The Balaban J connectivity index is 0.00000208. The van der Waals surface area contributed by atoms with Crippen LogP contribution in [0.4, 0.5) is 0 Å². The van der Waals surface area contributed by atoms with E-state index < -0.39 is 0 Å². The van der Waals surface area contributed by atoms with E-state index in [1.807, 2.05) is 27.8 Å². The minimum absolute atomic E-state index is 0. The lowest BCUT2D eigenvalue weighted by Crippen LogP contribution is -2.30. The molecule has 1 aliphatic heterocycles. The van der Waals surface area contributed by atoms with Gasteiger partial charge >= 0.3 is 5.70 Å². The van der Waals surface area contributed by atoms with E-state index >= 15 is 0 Å². The van der Waals surface area contributed by atoms with E-state index in [-0.39, 0.29) is 23.0 Å². The number of hydrogen-bond acceptors (Lipinski definition) is 6. The number of pyridine rings is 1. The van der Waals surface area contributed by atoms with Crippen molar-refractivity contribution in [3.05, 3.63) is 67.2 Å². The molecule has 9 heteroatoms. The van der Waals surface area contributed by atoms with Crippen LogP contribution in [0.2, 0.25) is 5.15 Å². The van der Waals surface area contributed by atoms with E-state index in [1.165, 1.54) is 11.3 Å². The van der Waals surface area contributed by atoms with Gasteiger partial charge in [-0.2, -0.15) is 11.3 Å². The molecule has 2 aromatic heterocycles. The second-order valence-corrected chi connectivity index (χ2v) is 6.13. The Hall–Kier alpha value is -1.96. The van der Waals surface area contributed by atoms with Gasteiger partial charge in [-0.1, -0.05) is 17.7 Å². The van der Waals surface area contributed by atoms with Crippen LogP contribution in [0.5, 0.6) is 0 Å². The molecular formula is C15H14Cl2N4O2S. The van der Waals surface area contributed by atoms with Crippen molar-refractivity contribution in [3.63, 3.8) is 0 Å². The normalized spacial score (nSPS) is 14.3. The average molecular weight is 385 g/mol. The molecule has 0 N–H and O–H groups in total. The van der Waals surface area contributed by atoms with E-state index in [2.05, 4.69) is 9.98 Å². The molecule has 0 bridgehead atoms. The number of aromatic nitrogens is 1. The maximum atomic E-state index is 11.5. The van der Waals surface area contributed by atoms with Crippen molar-refractivity contribution < 1.29 is 4.92 Å². The number of halogens is 2. The van der Waals surface area contributed by atoms with E-state index in [9.17, 15) is 10.1 Å². The quantitative estimate of drug-likeness (QED) is 0.447. The zero-order valence-corrected chi connectivity index (χ0v) is 14.9. The molecule has 3 heterocycles. The number of nitro groups is 1. The van der Waals surface area contributed by atoms with Crippen molar-refractivity contribution in [2.75, 3.05) is 13.1 Å². The van der Waals surface area contributed by atoms with E-state index in [0.29, 0.717) is 30.6 Å².